The summed E-state index contributed by atoms with van der Waals surface area (Å²) in [6.45, 7) is -0.143. The van der Waals surface area contributed by atoms with Crippen LogP contribution in [0.15, 0.2) is 84.9 Å². The van der Waals surface area contributed by atoms with Gasteiger partial charge in [-0.25, -0.2) is 0 Å². The van der Waals surface area contributed by atoms with Gasteiger partial charge in [-0.2, -0.15) is 17.0 Å². The number of benzene rings is 3. The van der Waals surface area contributed by atoms with E-state index >= 15 is 0 Å². The molecule has 0 heterocycles. The smallest absolute Gasteiger partial charge is 0.251 e. The Kier molecular flexibility index (Phi) is 8.80. The maximum absolute atomic E-state index is 12.9. The molecule has 0 spiro atoms. The highest BCUT2D eigenvalue weighted by atomic mass is 32.2. The second kappa shape index (κ2) is 12.2. The fourth-order valence-electron chi connectivity index (χ4n) is 3.10. The van der Waals surface area contributed by atoms with E-state index in [1.165, 1.54) is 17.8 Å². The van der Waals surface area contributed by atoms with Crippen LogP contribution in [0.5, 0.6) is 0 Å². The summed E-state index contributed by atoms with van der Waals surface area (Å²) < 4.78 is 0. The number of carbonyl (C=O) groups is 3. The molecule has 166 valence electrons. The van der Waals surface area contributed by atoms with E-state index in [4.69, 9.17) is 5.26 Å². The van der Waals surface area contributed by atoms with Crippen molar-refractivity contribution in [2.75, 3.05) is 12.3 Å². The van der Waals surface area contributed by atoms with Crippen LogP contribution in [-0.2, 0) is 10.5 Å². The highest BCUT2D eigenvalue weighted by molar-refractivity contribution is 7.98. The van der Waals surface area contributed by atoms with Crippen LogP contribution in [0.25, 0.3) is 0 Å². The van der Waals surface area contributed by atoms with Crippen molar-refractivity contribution >= 4 is 29.4 Å². The van der Waals surface area contributed by atoms with Crippen LogP contribution in [0.2, 0.25) is 0 Å². The van der Waals surface area contributed by atoms with Gasteiger partial charge in [-0.15, -0.1) is 0 Å². The molecule has 7 heteroatoms. The van der Waals surface area contributed by atoms with E-state index in [1.807, 2.05) is 42.5 Å². The lowest BCUT2D eigenvalue weighted by Crippen LogP contribution is -2.48. The van der Waals surface area contributed by atoms with Crippen molar-refractivity contribution in [3.8, 4) is 6.07 Å². The van der Waals surface area contributed by atoms with Crippen molar-refractivity contribution in [3.63, 3.8) is 0 Å². The van der Waals surface area contributed by atoms with Crippen LogP contribution >= 0.6 is 11.8 Å². The van der Waals surface area contributed by atoms with Crippen molar-refractivity contribution in [2.24, 2.45) is 0 Å². The number of hydrogen-bond acceptors (Lipinski definition) is 5. The lowest BCUT2D eigenvalue weighted by Gasteiger charge is -2.18. The van der Waals surface area contributed by atoms with Gasteiger partial charge in [0.25, 0.3) is 5.91 Å². The maximum atomic E-state index is 12.9. The predicted molar refractivity (Wildman–Crippen MR) is 129 cm³/mol. The first kappa shape index (κ1) is 23.8. The standard InChI is InChI=1S/C26H23N3O3S/c27-14-15-28-26(32)23(18-33-17-19-8-3-1-4-9-19)29-25(31)22-13-7-12-21(16-22)24(30)20-10-5-2-6-11-20/h1-13,16,23H,15,17-18H2,(H,28,32)(H,29,31)/t23-/m0/s1. The van der Waals surface area contributed by atoms with Crippen LogP contribution in [0.4, 0.5) is 0 Å². The Hall–Kier alpha value is -3.89. The molecule has 2 N–H and O–H groups in total. The Morgan fingerprint density at radius 3 is 2.18 bits per heavy atom. The molecule has 0 radical (unpaired) electrons. The number of amides is 2. The highest BCUT2D eigenvalue weighted by Crippen LogP contribution is 2.15. The summed E-state index contributed by atoms with van der Waals surface area (Å²) >= 11 is 1.51. The quantitative estimate of drug-likeness (QED) is 0.358. The SMILES string of the molecule is N#CCNC(=O)[C@H](CSCc1ccccc1)NC(=O)c1cccc(C(=O)c2ccccc2)c1. The van der Waals surface area contributed by atoms with Crippen molar-refractivity contribution in [1.29, 1.82) is 5.26 Å². The molecule has 3 aromatic rings. The van der Waals surface area contributed by atoms with Crippen LogP contribution in [-0.4, -0.2) is 35.9 Å². The normalized spacial score (nSPS) is 11.1. The molecule has 0 unspecified atom stereocenters. The molecular formula is C26H23N3O3S. The van der Waals surface area contributed by atoms with Crippen LogP contribution < -0.4 is 10.6 Å². The molecule has 33 heavy (non-hydrogen) atoms. The van der Waals surface area contributed by atoms with Gasteiger partial charge in [-0.3, -0.25) is 14.4 Å². The number of hydrogen-bond donors (Lipinski definition) is 2. The Balaban J connectivity index is 1.69. The van der Waals surface area contributed by atoms with E-state index in [-0.39, 0.29) is 17.9 Å². The predicted octanol–water partition coefficient (Wildman–Crippen LogP) is 3.59. The molecule has 3 rings (SSSR count). The van der Waals surface area contributed by atoms with Gasteiger partial charge in [-0.05, 0) is 17.7 Å². The number of ketones is 1. The third-order valence-corrected chi connectivity index (χ3v) is 5.89. The number of carbonyl (C=O) groups excluding carboxylic acids is 3. The second-order valence-electron chi connectivity index (χ2n) is 7.18. The molecule has 0 bridgehead atoms. The molecule has 0 aliphatic rings. The van der Waals surface area contributed by atoms with Crippen molar-refractivity contribution in [1.82, 2.24) is 10.6 Å². The Bertz CT molecular complexity index is 1140. The van der Waals surface area contributed by atoms with Gasteiger partial charge < -0.3 is 10.6 Å². The summed E-state index contributed by atoms with van der Waals surface area (Å²) in [4.78, 5) is 38.1. The fourth-order valence-corrected chi connectivity index (χ4v) is 4.12. The van der Waals surface area contributed by atoms with Gasteiger partial charge in [-0.1, -0.05) is 72.8 Å². The molecule has 0 fully saturated rings. The van der Waals surface area contributed by atoms with E-state index < -0.39 is 17.9 Å². The molecule has 0 aliphatic heterocycles. The van der Waals surface area contributed by atoms with Gasteiger partial charge in [0.15, 0.2) is 5.78 Å². The zero-order valence-corrected chi connectivity index (χ0v) is 18.7. The van der Waals surface area contributed by atoms with Crippen molar-refractivity contribution < 1.29 is 14.4 Å². The van der Waals surface area contributed by atoms with E-state index in [9.17, 15) is 14.4 Å². The Labute approximate surface area is 197 Å². The Morgan fingerprint density at radius 2 is 1.48 bits per heavy atom. The number of nitrogens with zero attached hydrogens (tertiary/aromatic N) is 1. The number of nitriles is 1. The number of nitrogens with one attached hydrogen (secondary N) is 2. The minimum Gasteiger partial charge on any atom is -0.341 e. The Morgan fingerprint density at radius 1 is 0.848 bits per heavy atom. The molecule has 0 aromatic heterocycles. The molecule has 0 aliphatic carbocycles. The second-order valence-corrected chi connectivity index (χ2v) is 8.21. The van der Waals surface area contributed by atoms with Crippen LogP contribution in [0.1, 0.15) is 31.8 Å². The van der Waals surface area contributed by atoms with E-state index in [1.54, 1.807) is 42.5 Å². The first-order valence-electron chi connectivity index (χ1n) is 10.4. The average Bonchev–Trinajstić information content (AvgIpc) is 2.87. The van der Waals surface area contributed by atoms with Crippen molar-refractivity contribution in [2.45, 2.75) is 11.8 Å². The highest BCUT2D eigenvalue weighted by Gasteiger charge is 2.22. The number of thioether (sulfide) groups is 1. The van der Waals surface area contributed by atoms with Crippen molar-refractivity contribution in [3.05, 3.63) is 107 Å². The van der Waals surface area contributed by atoms with Gasteiger partial charge >= 0.3 is 0 Å². The summed E-state index contributed by atoms with van der Waals surface area (Å²) in [5, 5.41) is 14.0. The summed E-state index contributed by atoms with van der Waals surface area (Å²) in [6.07, 6.45) is 0. The lowest BCUT2D eigenvalue weighted by molar-refractivity contribution is -0.122. The van der Waals surface area contributed by atoms with Gasteiger partial charge in [0.1, 0.15) is 12.6 Å². The maximum Gasteiger partial charge on any atom is 0.251 e. The minimum atomic E-state index is -0.826. The molecular weight excluding hydrogens is 434 g/mol. The monoisotopic (exact) mass is 457 g/mol. The molecule has 6 nitrogen and oxygen atoms in total. The third-order valence-electron chi connectivity index (χ3n) is 4.78. The fraction of sp³-hybridized carbons (Fsp3) is 0.154. The zero-order valence-electron chi connectivity index (χ0n) is 17.9. The van der Waals surface area contributed by atoms with Crippen LogP contribution in [0, 0.1) is 11.3 Å². The summed E-state index contributed by atoms with van der Waals surface area (Å²) in [5.41, 5.74) is 2.30. The zero-order chi connectivity index (χ0) is 23.5. The summed E-state index contributed by atoms with van der Waals surface area (Å²) in [6, 6.07) is 26.1. The molecule has 0 saturated heterocycles. The lowest BCUT2D eigenvalue weighted by atomic mass is 10.0. The van der Waals surface area contributed by atoms with Gasteiger partial charge in [0, 0.05) is 28.2 Å². The molecule has 0 saturated carbocycles. The minimum absolute atomic E-state index is 0.143. The summed E-state index contributed by atoms with van der Waals surface area (Å²) in [7, 11) is 0. The first-order valence-corrected chi connectivity index (χ1v) is 11.5. The van der Waals surface area contributed by atoms with E-state index in [0.717, 1.165) is 5.56 Å². The third kappa shape index (κ3) is 7.06. The number of rotatable bonds is 10. The first-order chi connectivity index (χ1) is 16.1. The van der Waals surface area contributed by atoms with E-state index in [2.05, 4.69) is 10.6 Å². The topological polar surface area (TPSA) is 99.1 Å². The molecule has 2 amide bonds. The summed E-state index contributed by atoms with van der Waals surface area (Å²) in [5.74, 6) is -0.0653. The molecule has 3 aromatic carbocycles. The molecule has 1 atom stereocenters. The van der Waals surface area contributed by atoms with Gasteiger partial charge in [0.05, 0.1) is 6.07 Å². The van der Waals surface area contributed by atoms with E-state index in [0.29, 0.717) is 22.6 Å². The van der Waals surface area contributed by atoms with Gasteiger partial charge in [0.2, 0.25) is 5.91 Å². The largest absolute Gasteiger partial charge is 0.341 e. The van der Waals surface area contributed by atoms with Crippen LogP contribution in [0.3, 0.4) is 0 Å². The average molecular weight is 458 g/mol.